The number of likely N-dealkylation sites (tertiary alicyclic amines) is 1. The zero-order valence-electron chi connectivity index (χ0n) is 12.8. The molecule has 0 bridgehead atoms. The Bertz CT molecular complexity index is 640. The minimum atomic E-state index is -0.0555. The molecule has 0 spiro atoms. The number of fused-ring (bicyclic) bond motifs is 1. The van der Waals surface area contributed by atoms with E-state index >= 15 is 0 Å². The molecule has 0 saturated carbocycles. The van der Waals surface area contributed by atoms with Gasteiger partial charge in [-0.2, -0.15) is 5.10 Å². The lowest BCUT2D eigenvalue weighted by Gasteiger charge is -2.17. The molecular weight excluding hydrogens is 280 g/mol. The average molecular weight is 302 g/mol. The summed E-state index contributed by atoms with van der Waals surface area (Å²) >= 11 is 0. The number of rotatable bonds is 5. The van der Waals surface area contributed by atoms with Crippen LogP contribution in [0.1, 0.15) is 19.8 Å². The van der Waals surface area contributed by atoms with E-state index in [1.807, 2.05) is 23.1 Å². The maximum atomic E-state index is 12.4. The van der Waals surface area contributed by atoms with Crippen LogP contribution in [0.5, 0.6) is 0 Å². The van der Waals surface area contributed by atoms with E-state index < -0.39 is 0 Å². The van der Waals surface area contributed by atoms with Crippen LogP contribution in [-0.4, -0.2) is 47.4 Å². The van der Waals surface area contributed by atoms with Gasteiger partial charge >= 0.3 is 6.03 Å². The normalized spacial score (nSPS) is 18.0. The summed E-state index contributed by atoms with van der Waals surface area (Å²) in [6.45, 7) is 5.18. The molecule has 0 aliphatic carbocycles. The molecule has 1 aromatic heterocycles. The zero-order valence-corrected chi connectivity index (χ0v) is 12.8. The van der Waals surface area contributed by atoms with Gasteiger partial charge in [0.15, 0.2) is 0 Å². The van der Waals surface area contributed by atoms with E-state index in [9.17, 15) is 4.79 Å². The summed E-state index contributed by atoms with van der Waals surface area (Å²) in [7, 11) is 0. The lowest BCUT2D eigenvalue weighted by Crippen LogP contribution is -2.33. The molecule has 22 heavy (non-hydrogen) atoms. The summed E-state index contributed by atoms with van der Waals surface area (Å²) in [4.78, 5) is 14.3. The maximum absolute atomic E-state index is 12.4. The van der Waals surface area contributed by atoms with Gasteiger partial charge in [0.05, 0.1) is 24.0 Å². The molecule has 6 heteroatoms. The third-order valence-electron chi connectivity index (χ3n) is 3.99. The fourth-order valence-corrected chi connectivity index (χ4v) is 2.81. The number of benzene rings is 1. The van der Waals surface area contributed by atoms with Crippen LogP contribution >= 0.6 is 0 Å². The number of ether oxygens (including phenoxy) is 1. The number of hydrogen-bond donors (Lipinski definition) is 2. The van der Waals surface area contributed by atoms with Crippen LogP contribution in [0.25, 0.3) is 10.9 Å². The second-order valence-corrected chi connectivity index (χ2v) is 5.75. The highest BCUT2D eigenvalue weighted by Gasteiger charge is 2.26. The maximum Gasteiger partial charge on any atom is 0.321 e. The molecule has 1 fully saturated rings. The SMILES string of the molecule is CCCOCC1CCN(C(=O)Nc2cccc3cn[nH]c23)C1. The topological polar surface area (TPSA) is 70.2 Å². The fourth-order valence-electron chi connectivity index (χ4n) is 2.81. The second-order valence-electron chi connectivity index (χ2n) is 5.75. The van der Waals surface area contributed by atoms with Gasteiger partial charge in [-0.25, -0.2) is 4.79 Å². The number of nitrogens with one attached hydrogen (secondary N) is 2. The predicted molar refractivity (Wildman–Crippen MR) is 85.9 cm³/mol. The van der Waals surface area contributed by atoms with E-state index in [4.69, 9.17) is 4.74 Å². The van der Waals surface area contributed by atoms with Crippen molar-refractivity contribution in [1.29, 1.82) is 0 Å². The Morgan fingerprint density at radius 1 is 1.55 bits per heavy atom. The second kappa shape index (κ2) is 6.79. The molecule has 2 amide bonds. The van der Waals surface area contributed by atoms with Crippen molar-refractivity contribution in [2.75, 3.05) is 31.6 Å². The molecule has 2 aromatic rings. The van der Waals surface area contributed by atoms with Gasteiger partial charge in [-0.05, 0) is 18.9 Å². The summed E-state index contributed by atoms with van der Waals surface area (Å²) in [5, 5.41) is 10.9. The summed E-state index contributed by atoms with van der Waals surface area (Å²) < 4.78 is 5.59. The Hall–Kier alpha value is -2.08. The number of nitrogens with zero attached hydrogens (tertiary/aromatic N) is 2. The molecule has 1 aromatic carbocycles. The molecule has 2 N–H and O–H groups in total. The number of carbonyl (C=O) groups is 1. The fraction of sp³-hybridized carbons (Fsp3) is 0.500. The first-order valence-electron chi connectivity index (χ1n) is 7.83. The lowest BCUT2D eigenvalue weighted by molar-refractivity contribution is 0.103. The number of para-hydroxylation sites is 1. The van der Waals surface area contributed by atoms with Crippen LogP contribution < -0.4 is 5.32 Å². The van der Waals surface area contributed by atoms with E-state index in [2.05, 4.69) is 22.4 Å². The number of aromatic nitrogens is 2. The summed E-state index contributed by atoms with van der Waals surface area (Å²) in [5.41, 5.74) is 1.63. The molecule has 1 unspecified atom stereocenters. The van der Waals surface area contributed by atoms with E-state index in [-0.39, 0.29) is 6.03 Å². The number of urea groups is 1. The van der Waals surface area contributed by atoms with Crippen LogP contribution in [0.3, 0.4) is 0 Å². The molecule has 1 aliphatic heterocycles. The molecule has 2 heterocycles. The van der Waals surface area contributed by atoms with Gasteiger partial charge in [0.2, 0.25) is 0 Å². The minimum absolute atomic E-state index is 0.0555. The van der Waals surface area contributed by atoms with Gasteiger partial charge < -0.3 is 15.0 Å². The molecule has 3 rings (SSSR count). The Morgan fingerprint density at radius 3 is 3.32 bits per heavy atom. The van der Waals surface area contributed by atoms with Gasteiger partial charge in [-0.3, -0.25) is 5.10 Å². The van der Waals surface area contributed by atoms with Crippen molar-refractivity contribution in [2.24, 2.45) is 5.92 Å². The Labute approximate surface area is 129 Å². The van der Waals surface area contributed by atoms with Crippen molar-refractivity contribution in [3.63, 3.8) is 0 Å². The lowest BCUT2D eigenvalue weighted by atomic mass is 10.1. The first-order chi connectivity index (χ1) is 10.8. The number of carbonyl (C=O) groups excluding carboxylic acids is 1. The highest BCUT2D eigenvalue weighted by Crippen LogP contribution is 2.22. The molecule has 118 valence electrons. The number of aromatic amines is 1. The van der Waals surface area contributed by atoms with Crippen molar-refractivity contribution in [1.82, 2.24) is 15.1 Å². The summed E-state index contributed by atoms with van der Waals surface area (Å²) in [6.07, 6.45) is 3.79. The standard InChI is InChI=1S/C16H22N4O2/c1-2-8-22-11-12-6-7-20(10-12)16(21)18-14-5-3-4-13-9-17-19-15(13)14/h3-5,9,12H,2,6-8,10-11H2,1H3,(H,17,19)(H,18,21). The van der Waals surface area contributed by atoms with Gasteiger partial charge in [-0.1, -0.05) is 19.1 Å². The number of amides is 2. The molecule has 0 radical (unpaired) electrons. The van der Waals surface area contributed by atoms with Crippen LogP contribution in [0, 0.1) is 5.92 Å². The third-order valence-corrected chi connectivity index (χ3v) is 3.99. The van der Waals surface area contributed by atoms with Crippen molar-refractivity contribution in [3.8, 4) is 0 Å². The minimum Gasteiger partial charge on any atom is -0.381 e. The molecule has 6 nitrogen and oxygen atoms in total. The highest BCUT2D eigenvalue weighted by molar-refractivity contribution is 5.99. The Balaban J connectivity index is 1.57. The van der Waals surface area contributed by atoms with Crippen LogP contribution in [-0.2, 0) is 4.74 Å². The molecular formula is C16H22N4O2. The van der Waals surface area contributed by atoms with Crippen LogP contribution in [0.15, 0.2) is 24.4 Å². The molecule has 1 saturated heterocycles. The Kier molecular flexibility index (Phi) is 4.58. The van der Waals surface area contributed by atoms with Gasteiger partial charge in [-0.15, -0.1) is 0 Å². The number of H-pyrrole nitrogens is 1. The van der Waals surface area contributed by atoms with Crippen molar-refractivity contribution < 1.29 is 9.53 Å². The third kappa shape index (κ3) is 3.22. The van der Waals surface area contributed by atoms with Crippen molar-refractivity contribution in [2.45, 2.75) is 19.8 Å². The van der Waals surface area contributed by atoms with Gasteiger partial charge in [0.25, 0.3) is 0 Å². The quantitative estimate of drug-likeness (QED) is 0.834. The van der Waals surface area contributed by atoms with Gasteiger partial charge in [0, 0.05) is 31.0 Å². The predicted octanol–water partition coefficient (Wildman–Crippen LogP) is 2.84. The van der Waals surface area contributed by atoms with Crippen LogP contribution in [0.4, 0.5) is 10.5 Å². The van der Waals surface area contributed by atoms with E-state index in [0.717, 1.165) is 55.7 Å². The first-order valence-corrected chi connectivity index (χ1v) is 7.83. The van der Waals surface area contributed by atoms with Crippen molar-refractivity contribution >= 4 is 22.6 Å². The van der Waals surface area contributed by atoms with Gasteiger partial charge in [0.1, 0.15) is 0 Å². The van der Waals surface area contributed by atoms with Crippen LogP contribution in [0.2, 0.25) is 0 Å². The van der Waals surface area contributed by atoms with E-state index in [1.54, 1.807) is 6.20 Å². The summed E-state index contributed by atoms with van der Waals surface area (Å²) in [6, 6.07) is 5.71. The first kappa shape index (κ1) is 14.8. The monoisotopic (exact) mass is 302 g/mol. The molecule has 1 atom stereocenters. The largest absolute Gasteiger partial charge is 0.381 e. The smallest absolute Gasteiger partial charge is 0.321 e. The highest BCUT2D eigenvalue weighted by atomic mass is 16.5. The number of anilines is 1. The number of hydrogen-bond acceptors (Lipinski definition) is 3. The van der Waals surface area contributed by atoms with Crippen molar-refractivity contribution in [3.05, 3.63) is 24.4 Å². The summed E-state index contributed by atoms with van der Waals surface area (Å²) in [5.74, 6) is 0.445. The Morgan fingerprint density at radius 2 is 2.45 bits per heavy atom. The van der Waals surface area contributed by atoms with E-state index in [0.29, 0.717) is 5.92 Å². The van der Waals surface area contributed by atoms with E-state index in [1.165, 1.54) is 0 Å². The molecule has 1 aliphatic rings. The average Bonchev–Trinajstić information content (AvgIpc) is 3.16. The zero-order chi connectivity index (χ0) is 15.4.